The van der Waals surface area contributed by atoms with Crippen LogP contribution < -0.4 is 10.4 Å². The van der Waals surface area contributed by atoms with Crippen LogP contribution in [-0.2, 0) is 16.0 Å². The molecule has 0 aliphatic rings. The monoisotopic (exact) mass is 284 g/mol. The van der Waals surface area contributed by atoms with Crippen LogP contribution in [0.4, 0.5) is 4.39 Å². The number of carbonyl (C=O) groups excluding carboxylic acids is 2. The van der Waals surface area contributed by atoms with Gasteiger partial charge in [0.05, 0.1) is 11.7 Å². The summed E-state index contributed by atoms with van der Waals surface area (Å²) in [6.07, 6.45) is 0.604. The van der Waals surface area contributed by atoms with E-state index in [-0.39, 0.29) is 17.5 Å². The standard InChI is InChI=1S/C13H16FNO3S/c1-9(13(17)18)19-8-12(16)15-7-6-10-2-4-11(14)5-3-10/h2-5,9H,6-8H2,1H3,(H,15,16)(H,17,18)/p-1/t9-/m0/s1. The largest absolute Gasteiger partial charge is 0.549 e. The van der Waals surface area contributed by atoms with Crippen LogP contribution in [0.1, 0.15) is 12.5 Å². The van der Waals surface area contributed by atoms with Crippen molar-refractivity contribution in [2.45, 2.75) is 18.6 Å². The summed E-state index contributed by atoms with van der Waals surface area (Å²) in [4.78, 5) is 21.9. The highest BCUT2D eigenvalue weighted by molar-refractivity contribution is 8.01. The van der Waals surface area contributed by atoms with Crippen molar-refractivity contribution >= 4 is 23.6 Å². The molecule has 0 unspecified atom stereocenters. The maximum absolute atomic E-state index is 12.7. The van der Waals surface area contributed by atoms with Crippen molar-refractivity contribution in [2.75, 3.05) is 12.3 Å². The SMILES string of the molecule is C[C@H](SCC(=O)NCCc1ccc(F)cc1)C(=O)[O-]. The molecule has 1 amide bonds. The van der Waals surface area contributed by atoms with Crippen molar-refractivity contribution in [3.8, 4) is 0 Å². The molecule has 6 heteroatoms. The lowest BCUT2D eigenvalue weighted by atomic mass is 10.1. The normalized spacial score (nSPS) is 11.9. The Morgan fingerprint density at radius 2 is 2.00 bits per heavy atom. The molecule has 0 fully saturated rings. The van der Waals surface area contributed by atoms with Crippen LogP contribution >= 0.6 is 11.8 Å². The maximum Gasteiger partial charge on any atom is 0.230 e. The summed E-state index contributed by atoms with van der Waals surface area (Å²) in [5, 5.41) is 12.4. The number of thioether (sulfide) groups is 1. The van der Waals surface area contributed by atoms with Gasteiger partial charge in [0.1, 0.15) is 5.82 Å². The number of amides is 1. The van der Waals surface area contributed by atoms with E-state index in [1.165, 1.54) is 19.1 Å². The number of aliphatic carboxylic acids is 1. The summed E-state index contributed by atoms with van der Waals surface area (Å²) in [7, 11) is 0. The molecule has 0 radical (unpaired) electrons. The maximum atomic E-state index is 12.7. The Hall–Kier alpha value is -1.56. The minimum absolute atomic E-state index is 0.0819. The van der Waals surface area contributed by atoms with E-state index < -0.39 is 11.2 Å². The van der Waals surface area contributed by atoms with Gasteiger partial charge in [-0.15, -0.1) is 11.8 Å². The van der Waals surface area contributed by atoms with Gasteiger partial charge in [0.2, 0.25) is 5.91 Å². The average molecular weight is 284 g/mol. The fourth-order valence-corrected chi connectivity index (χ4v) is 1.96. The van der Waals surface area contributed by atoms with Gasteiger partial charge >= 0.3 is 0 Å². The molecule has 4 nitrogen and oxygen atoms in total. The van der Waals surface area contributed by atoms with E-state index >= 15 is 0 Å². The van der Waals surface area contributed by atoms with Gasteiger partial charge in [-0.1, -0.05) is 12.1 Å². The van der Waals surface area contributed by atoms with E-state index in [0.717, 1.165) is 17.3 Å². The number of hydrogen-bond acceptors (Lipinski definition) is 4. The molecule has 0 heterocycles. The average Bonchev–Trinajstić information content (AvgIpc) is 2.38. The zero-order valence-corrected chi connectivity index (χ0v) is 11.3. The molecule has 1 rings (SSSR count). The molecule has 0 saturated heterocycles. The van der Waals surface area contributed by atoms with Crippen LogP contribution in [0.5, 0.6) is 0 Å². The number of carboxylic acid groups (broad SMARTS) is 1. The van der Waals surface area contributed by atoms with Crippen LogP contribution in [0.15, 0.2) is 24.3 Å². The van der Waals surface area contributed by atoms with Crippen molar-refractivity contribution in [1.29, 1.82) is 0 Å². The molecule has 1 N–H and O–H groups in total. The zero-order valence-electron chi connectivity index (χ0n) is 10.5. The summed E-state index contributed by atoms with van der Waals surface area (Å²) < 4.78 is 12.7. The number of nitrogens with one attached hydrogen (secondary N) is 1. The summed E-state index contributed by atoms with van der Waals surface area (Å²) in [6, 6.07) is 6.06. The van der Waals surface area contributed by atoms with E-state index in [4.69, 9.17) is 0 Å². The molecule has 19 heavy (non-hydrogen) atoms. The lowest BCUT2D eigenvalue weighted by molar-refractivity contribution is -0.304. The van der Waals surface area contributed by atoms with Crippen LogP contribution in [-0.4, -0.2) is 29.4 Å². The van der Waals surface area contributed by atoms with Crippen molar-refractivity contribution in [3.63, 3.8) is 0 Å². The molecule has 1 aromatic carbocycles. The fourth-order valence-electron chi connectivity index (χ4n) is 1.32. The third-order valence-electron chi connectivity index (χ3n) is 2.45. The first-order valence-electron chi connectivity index (χ1n) is 5.82. The number of benzene rings is 1. The van der Waals surface area contributed by atoms with Gasteiger partial charge in [0, 0.05) is 11.8 Å². The summed E-state index contributed by atoms with van der Waals surface area (Å²) in [6.45, 7) is 1.91. The number of rotatable bonds is 7. The molecular formula is C13H15FNO3S-. The van der Waals surface area contributed by atoms with Crippen LogP contribution in [0.2, 0.25) is 0 Å². The van der Waals surface area contributed by atoms with Crippen LogP contribution in [0.3, 0.4) is 0 Å². The second-order valence-corrected chi connectivity index (χ2v) is 5.33. The quantitative estimate of drug-likeness (QED) is 0.785. The topological polar surface area (TPSA) is 69.2 Å². The Morgan fingerprint density at radius 3 is 2.58 bits per heavy atom. The van der Waals surface area contributed by atoms with E-state index in [0.29, 0.717) is 13.0 Å². The lowest BCUT2D eigenvalue weighted by Crippen LogP contribution is -2.33. The van der Waals surface area contributed by atoms with E-state index in [1.807, 2.05) is 0 Å². The highest BCUT2D eigenvalue weighted by Crippen LogP contribution is 2.08. The van der Waals surface area contributed by atoms with E-state index in [2.05, 4.69) is 5.32 Å². The van der Waals surface area contributed by atoms with Gasteiger partial charge in [0.15, 0.2) is 0 Å². The molecule has 1 atom stereocenters. The van der Waals surface area contributed by atoms with Crippen molar-refractivity contribution in [3.05, 3.63) is 35.6 Å². The molecule has 104 valence electrons. The smallest absolute Gasteiger partial charge is 0.230 e. The van der Waals surface area contributed by atoms with Crippen molar-refractivity contribution in [1.82, 2.24) is 5.32 Å². The van der Waals surface area contributed by atoms with Gasteiger partial charge in [-0.25, -0.2) is 4.39 Å². The number of hydrogen-bond donors (Lipinski definition) is 1. The molecule has 0 bridgehead atoms. The molecular weight excluding hydrogens is 269 g/mol. The second-order valence-electron chi connectivity index (χ2n) is 4.00. The lowest BCUT2D eigenvalue weighted by Gasteiger charge is -2.11. The minimum Gasteiger partial charge on any atom is -0.549 e. The first-order chi connectivity index (χ1) is 8.99. The van der Waals surface area contributed by atoms with E-state index in [9.17, 15) is 19.1 Å². The molecule has 0 aliphatic heterocycles. The molecule has 1 aromatic rings. The minimum atomic E-state index is -1.18. The highest BCUT2D eigenvalue weighted by atomic mass is 32.2. The van der Waals surface area contributed by atoms with Crippen molar-refractivity contribution < 1.29 is 19.1 Å². The highest BCUT2D eigenvalue weighted by Gasteiger charge is 2.07. The summed E-state index contributed by atoms with van der Waals surface area (Å²) in [5.41, 5.74) is 0.928. The molecule has 0 spiro atoms. The number of carbonyl (C=O) groups is 2. The van der Waals surface area contributed by atoms with Gasteiger partial charge in [0.25, 0.3) is 0 Å². The van der Waals surface area contributed by atoms with Crippen molar-refractivity contribution in [2.24, 2.45) is 0 Å². The van der Waals surface area contributed by atoms with Crippen LogP contribution in [0.25, 0.3) is 0 Å². The number of carboxylic acids is 1. The Kier molecular flexibility index (Phi) is 6.35. The third kappa shape index (κ3) is 6.24. The Balaban J connectivity index is 2.20. The van der Waals surface area contributed by atoms with Gasteiger partial charge in [-0.2, -0.15) is 0 Å². The Labute approximate surface area is 115 Å². The zero-order chi connectivity index (χ0) is 14.3. The Morgan fingerprint density at radius 1 is 1.37 bits per heavy atom. The van der Waals surface area contributed by atoms with Crippen LogP contribution in [0, 0.1) is 5.82 Å². The van der Waals surface area contributed by atoms with E-state index in [1.54, 1.807) is 12.1 Å². The molecule has 0 aromatic heterocycles. The summed E-state index contributed by atoms with van der Waals surface area (Å²) >= 11 is 1.02. The molecule has 0 saturated carbocycles. The molecule has 0 aliphatic carbocycles. The third-order valence-corrected chi connectivity index (χ3v) is 3.57. The second kappa shape index (κ2) is 7.78. The van der Waals surface area contributed by atoms with Gasteiger partial charge in [-0.3, -0.25) is 4.79 Å². The predicted molar refractivity (Wildman–Crippen MR) is 70.0 cm³/mol. The first-order valence-corrected chi connectivity index (χ1v) is 6.87. The van der Waals surface area contributed by atoms with Gasteiger partial charge < -0.3 is 15.2 Å². The Bertz CT molecular complexity index is 436. The first kappa shape index (κ1) is 15.5. The predicted octanol–water partition coefficient (Wildman–Crippen LogP) is 0.356. The number of halogens is 1. The summed E-state index contributed by atoms with van der Waals surface area (Å²) in [5.74, 6) is -1.61. The van der Waals surface area contributed by atoms with Gasteiger partial charge in [-0.05, 0) is 31.0 Å². The fraction of sp³-hybridized carbons (Fsp3) is 0.385.